The molecule has 130 valence electrons. The number of rotatable bonds is 5. The van der Waals surface area contributed by atoms with Gasteiger partial charge >= 0.3 is 5.97 Å². The predicted molar refractivity (Wildman–Crippen MR) is 102 cm³/mol. The summed E-state index contributed by atoms with van der Waals surface area (Å²) < 4.78 is 5.63. The largest absolute Gasteiger partial charge is 0.445 e. The van der Waals surface area contributed by atoms with Gasteiger partial charge in [0.2, 0.25) is 5.78 Å². The molecule has 1 atom stereocenters. The lowest BCUT2D eigenvalue weighted by molar-refractivity contribution is 0.0279. The number of hydrogen-bond acceptors (Lipinski definition) is 3. The van der Waals surface area contributed by atoms with Crippen LogP contribution in [-0.4, -0.2) is 11.8 Å². The van der Waals surface area contributed by atoms with E-state index in [-0.39, 0.29) is 5.78 Å². The Labute approximate surface area is 157 Å². The van der Waals surface area contributed by atoms with Gasteiger partial charge in [0.25, 0.3) is 0 Å². The van der Waals surface area contributed by atoms with Crippen LogP contribution >= 0.6 is 11.6 Å². The number of esters is 1. The van der Waals surface area contributed by atoms with Crippen LogP contribution in [-0.2, 0) is 4.74 Å². The van der Waals surface area contributed by atoms with Crippen molar-refractivity contribution in [2.75, 3.05) is 0 Å². The molecule has 0 radical (unpaired) electrons. The van der Waals surface area contributed by atoms with Gasteiger partial charge in [0, 0.05) is 16.1 Å². The Morgan fingerprint density at radius 3 is 2.12 bits per heavy atom. The highest BCUT2D eigenvalue weighted by Crippen LogP contribution is 2.26. The molecule has 1 unspecified atom stereocenters. The minimum absolute atomic E-state index is 0.283. The van der Waals surface area contributed by atoms with Crippen LogP contribution in [0, 0.1) is 6.92 Å². The van der Waals surface area contributed by atoms with Crippen molar-refractivity contribution in [1.29, 1.82) is 0 Å². The van der Waals surface area contributed by atoms with Crippen molar-refractivity contribution >= 4 is 23.4 Å². The summed E-state index contributed by atoms with van der Waals surface area (Å²) in [5.74, 6) is -0.817. The van der Waals surface area contributed by atoms with Gasteiger partial charge in [-0.15, -0.1) is 0 Å². The Hall–Kier alpha value is -2.91. The van der Waals surface area contributed by atoms with Crippen molar-refractivity contribution in [1.82, 2.24) is 0 Å². The Bertz CT molecular complexity index is 918. The van der Waals surface area contributed by atoms with Crippen LogP contribution in [0.25, 0.3) is 0 Å². The van der Waals surface area contributed by atoms with E-state index in [1.807, 2.05) is 25.1 Å². The van der Waals surface area contributed by atoms with E-state index in [1.165, 1.54) is 0 Å². The third kappa shape index (κ3) is 4.01. The van der Waals surface area contributed by atoms with Crippen molar-refractivity contribution < 1.29 is 14.3 Å². The lowest BCUT2D eigenvalue weighted by atomic mass is 9.99. The molecule has 0 fully saturated rings. The molecule has 0 saturated carbocycles. The Morgan fingerprint density at radius 2 is 1.46 bits per heavy atom. The molecule has 3 aromatic rings. The first-order valence-corrected chi connectivity index (χ1v) is 8.55. The summed E-state index contributed by atoms with van der Waals surface area (Å²) in [5.41, 5.74) is 2.28. The molecule has 0 bridgehead atoms. The second kappa shape index (κ2) is 7.98. The molecule has 0 N–H and O–H groups in total. The van der Waals surface area contributed by atoms with E-state index in [4.69, 9.17) is 16.3 Å². The zero-order valence-electron chi connectivity index (χ0n) is 14.2. The Balaban J connectivity index is 1.95. The van der Waals surface area contributed by atoms with Gasteiger partial charge in [-0.25, -0.2) is 4.79 Å². The molecule has 4 heteroatoms. The molecule has 3 rings (SSSR count). The molecule has 0 amide bonds. The molecule has 0 heterocycles. The lowest BCUT2D eigenvalue weighted by Crippen LogP contribution is -2.20. The highest BCUT2D eigenvalue weighted by molar-refractivity contribution is 6.30. The molecule has 3 aromatic carbocycles. The second-order valence-corrected chi connectivity index (χ2v) is 6.32. The van der Waals surface area contributed by atoms with Crippen LogP contribution in [0.15, 0.2) is 78.9 Å². The van der Waals surface area contributed by atoms with Crippen molar-refractivity contribution in [2.45, 2.75) is 13.0 Å². The predicted octanol–water partition coefficient (Wildman–Crippen LogP) is 5.43. The fraction of sp³-hybridized carbons (Fsp3) is 0.0909. The molecule has 0 saturated heterocycles. The molecule has 26 heavy (non-hydrogen) atoms. The Kier molecular flexibility index (Phi) is 5.49. The molecule has 0 aliphatic heterocycles. The van der Waals surface area contributed by atoms with Crippen molar-refractivity contribution in [3.05, 3.63) is 106 Å². The number of benzene rings is 3. The van der Waals surface area contributed by atoms with Crippen molar-refractivity contribution in [3.63, 3.8) is 0 Å². The second-order valence-electron chi connectivity index (χ2n) is 5.88. The summed E-state index contributed by atoms with van der Waals surface area (Å²) in [5, 5.41) is 0.546. The number of aryl methyl sites for hydroxylation is 1. The molecule has 0 aromatic heterocycles. The maximum atomic E-state index is 13.0. The molecule has 0 aliphatic rings. The molecule has 3 nitrogen and oxygen atoms in total. The normalized spacial score (nSPS) is 11.6. The number of halogens is 1. The molecular formula is C22H17ClO3. The monoisotopic (exact) mass is 364 g/mol. The first-order chi connectivity index (χ1) is 12.6. The fourth-order valence-electron chi connectivity index (χ4n) is 2.64. The van der Waals surface area contributed by atoms with E-state index in [1.54, 1.807) is 60.7 Å². The molecule has 0 spiro atoms. The van der Waals surface area contributed by atoms with Gasteiger partial charge in [-0.3, -0.25) is 4.79 Å². The van der Waals surface area contributed by atoms with Gasteiger partial charge in [0.05, 0.1) is 5.56 Å². The third-order valence-corrected chi connectivity index (χ3v) is 4.31. The van der Waals surface area contributed by atoms with Gasteiger partial charge in [-0.1, -0.05) is 72.3 Å². The van der Waals surface area contributed by atoms with Crippen molar-refractivity contribution in [2.24, 2.45) is 0 Å². The number of Topliss-reactive ketones (excluding diaryl/α,β-unsaturated/α-hetero) is 1. The van der Waals surface area contributed by atoms with Crippen molar-refractivity contribution in [3.8, 4) is 0 Å². The van der Waals surface area contributed by atoms with Gasteiger partial charge < -0.3 is 4.74 Å². The zero-order valence-corrected chi connectivity index (χ0v) is 14.9. The van der Waals surface area contributed by atoms with E-state index in [2.05, 4.69) is 0 Å². The Morgan fingerprint density at radius 1 is 0.846 bits per heavy atom. The van der Waals surface area contributed by atoms with Gasteiger partial charge in [-0.05, 0) is 30.7 Å². The maximum absolute atomic E-state index is 13.0. The van der Waals surface area contributed by atoms with Crippen LogP contribution < -0.4 is 0 Å². The van der Waals surface area contributed by atoms with Crippen LogP contribution in [0.5, 0.6) is 0 Å². The maximum Gasteiger partial charge on any atom is 0.339 e. The van der Waals surface area contributed by atoms with Gasteiger partial charge in [-0.2, -0.15) is 0 Å². The summed E-state index contributed by atoms with van der Waals surface area (Å²) in [6.45, 7) is 1.83. The van der Waals surface area contributed by atoms with E-state index >= 15 is 0 Å². The number of carbonyl (C=O) groups is 2. The summed E-state index contributed by atoms with van der Waals surface area (Å²) in [6.07, 6.45) is -1.04. The summed E-state index contributed by atoms with van der Waals surface area (Å²) in [7, 11) is 0. The number of hydrogen-bond donors (Lipinski definition) is 0. The quantitative estimate of drug-likeness (QED) is 0.448. The van der Waals surface area contributed by atoms with Gasteiger partial charge in [0.1, 0.15) is 0 Å². The summed E-state index contributed by atoms with van der Waals surface area (Å²) in [6, 6.07) is 22.6. The minimum Gasteiger partial charge on any atom is -0.445 e. The average Bonchev–Trinajstić information content (AvgIpc) is 2.67. The summed E-state index contributed by atoms with van der Waals surface area (Å²) in [4.78, 5) is 25.6. The SMILES string of the molecule is Cc1ccccc1C(=O)OC(C(=O)c1ccccc1)c1ccc(Cl)cc1. The zero-order chi connectivity index (χ0) is 18.5. The highest BCUT2D eigenvalue weighted by Gasteiger charge is 2.27. The van der Waals surface area contributed by atoms with Gasteiger partial charge in [0.15, 0.2) is 6.10 Å². The number of carbonyl (C=O) groups excluding carboxylic acids is 2. The fourth-order valence-corrected chi connectivity index (χ4v) is 2.76. The molecule has 0 aliphatic carbocycles. The first kappa shape index (κ1) is 17.9. The van der Waals surface area contributed by atoms with E-state index < -0.39 is 12.1 Å². The smallest absolute Gasteiger partial charge is 0.339 e. The molecular weight excluding hydrogens is 348 g/mol. The van der Waals surface area contributed by atoms with Crippen LogP contribution in [0.4, 0.5) is 0 Å². The van der Waals surface area contributed by atoms with Crippen LogP contribution in [0.1, 0.15) is 37.9 Å². The first-order valence-electron chi connectivity index (χ1n) is 8.17. The minimum atomic E-state index is -1.04. The number of ether oxygens (including phenoxy) is 1. The van der Waals surface area contributed by atoms with Crippen LogP contribution in [0.3, 0.4) is 0 Å². The third-order valence-electron chi connectivity index (χ3n) is 4.06. The average molecular weight is 365 g/mol. The standard InChI is InChI=1S/C22H17ClO3/c1-15-7-5-6-10-19(15)22(25)26-21(17-11-13-18(23)14-12-17)20(24)16-8-3-2-4-9-16/h2-14,21H,1H3. The lowest BCUT2D eigenvalue weighted by Gasteiger charge is -2.18. The van der Waals surface area contributed by atoms with E-state index in [0.29, 0.717) is 21.7 Å². The van der Waals surface area contributed by atoms with E-state index in [0.717, 1.165) is 5.56 Å². The van der Waals surface area contributed by atoms with E-state index in [9.17, 15) is 9.59 Å². The topological polar surface area (TPSA) is 43.4 Å². The van der Waals surface area contributed by atoms with Crippen LogP contribution in [0.2, 0.25) is 5.02 Å². The highest BCUT2D eigenvalue weighted by atomic mass is 35.5. The number of ketones is 1. The summed E-state index contributed by atoms with van der Waals surface area (Å²) >= 11 is 5.94.